The average Bonchev–Trinajstić information content (AvgIpc) is 2.14. The van der Waals surface area contributed by atoms with Crippen LogP contribution in [-0.2, 0) is 4.79 Å². The quantitative estimate of drug-likeness (QED) is 0.753. The predicted molar refractivity (Wildman–Crippen MR) is 62.5 cm³/mol. The normalized spacial score (nSPS) is 21.8. The monoisotopic (exact) mass is 239 g/mol. The number of halogens is 1. The Bertz CT molecular complexity index is 442. The lowest BCUT2D eigenvalue weighted by molar-refractivity contribution is -0.120. The number of carbonyl (C=O) groups excluding carboxylic acids is 1. The molecule has 0 aromatic heterocycles. The summed E-state index contributed by atoms with van der Waals surface area (Å²) >= 11 is 7.57. The Morgan fingerprint density at radius 2 is 2.20 bits per heavy atom. The number of rotatable bonds is 0. The molecule has 1 aliphatic heterocycles. The minimum absolute atomic E-state index is 0.147. The lowest BCUT2D eigenvalue weighted by Gasteiger charge is -2.42. The van der Waals surface area contributed by atoms with Crippen molar-refractivity contribution in [2.75, 3.05) is 5.32 Å². The van der Waals surface area contributed by atoms with Crippen LogP contribution in [-0.4, -0.2) is 10.7 Å². The number of hydrogen-bond donors (Lipinski definition) is 1. The number of thioether (sulfide) groups is 1. The van der Waals surface area contributed by atoms with Crippen molar-refractivity contribution in [3.8, 4) is 0 Å². The van der Waals surface area contributed by atoms with Crippen LogP contribution in [0.4, 0.5) is 5.69 Å². The lowest BCUT2D eigenvalue weighted by atomic mass is 9.83. The Labute approximate surface area is 97.4 Å². The van der Waals surface area contributed by atoms with Gasteiger partial charge in [-0.15, -0.1) is 11.8 Å². The van der Waals surface area contributed by atoms with Gasteiger partial charge in [0.1, 0.15) is 0 Å². The van der Waals surface area contributed by atoms with Crippen LogP contribution >= 0.6 is 23.4 Å². The highest BCUT2D eigenvalue weighted by molar-refractivity contribution is 8.01. The van der Waals surface area contributed by atoms with Gasteiger partial charge in [-0.2, -0.15) is 0 Å². The number of amides is 1. The highest BCUT2D eigenvalue weighted by Gasteiger charge is 2.47. The SMILES string of the molecule is O=C1Nc2cc(Cl)ccc2SC12CCC2. The van der Waals surface area contributed by atoms with Crippen molar-refractivity contribution in [3.05, 3.63) is 23.2 Å². The zero-order valence-corrected chi connectivity index (χ0v) is 9.62. The second-order valence-corrected chi connectivity index (χ2v) is 5.91. The molecule has 78 valence electrons. The molecule has 1 spiro atoms. The van der Waals surface area contributed by atoms with Crippen molar-refractivity contribution in [2.24, 2.45) is 0 Å². The molecule has 2 aliphatic rings. The molecule has 0 bridgehead atoms. The Morgan fingerprint density at radius 3 is 2.87 bits per heavy atom. The van der Waals surface area contributed by atoms with Crippen LogP contribution in [0.15, 0.2) is 23.1 Å². The fourth-order valence-electron chi connectivity index (χ4n) is 2.01. The van der Waals surface area contributed by atoms with Gasteiger partial charge in [0.05, 0.1) is 10.4 Å². The van der Waals surface area contributed by atoms with Crippen molar-refractivity contribution in [3.63, 3.8) is 0 Å². The molecule has 1 aromatic rings. The first kappa shape index (κ1) is 9.55. The van der Waals surface area contributed by atoms with E-state index in [4.69, 9.17) is 11.6 Å². The molecule has 1 heterocycles. The van der Waals surface area contributed by atoms with E-state index in [1.807, 2.05) is 18.2 Å². The van der Waals surface area contributed by atoms with Gasteiger partial charge in [-0.25, -0.2) is 0 Å². The Hall–Kier alpha value is -0.670. The highest BCUT2D eigenvalue weighted by Crippen LogP contribution is 2.53. The molecule has 1 fully saturated rings. The number of fused-ring (bicyclic) bond motifs is 1. The molecule has 0 atom stereocenters. The number of benzene rings is 1. The van der Waals surface area contributed by atoms with Crippen molar-refractivity contribution in [1.29, 1.82) is 0 Å². The summed E-state index contributed by atoms with van der Waals surface area (Å²) in [6, 6.07) is 5.67. The van der Waals surface area contributed by atoms with Crippen LogP contribution in [0.2, 0.25) is 5.02 Å². The van der Waals surface area contributed by atoms with Crippen molar-refractivity contribution in [2.45, 2.75) is 28.9 Å². The summed E-state index contributed by atoms with van der Waals surface area (Å²) in [5.74, 6) is 0.147. The predicted octanol–water partition coefficient (Wildman–Crippen LogP) is 3.31. The van der Waals surface area contributed by atoms with Gasteiger partial charge in [0.2, 0.25) is 5.91 Å². The molecule has 1 aromatic carbocycles. The third kappa shape index (κ3) is 1.37. The van der Waals surface area contributed by atoms with E-state index in [0.29, 0.717) is 5.02 Å². The van der Waals surface area contributed by atoms with Gasteiger partial charge >= 0.3 is 0 Å². The molecule has 1 aliphatic carbocycles. The van der Waals surface area contributed by atoms with Crippen LogP contribution in [0.25, 0.3) is 0 Å². The molecule has 15 heavy (non-hydrogen) atoms. The van der Waals surface area contributed by atoms with E-state index in [2.05, 4.69) is 5.32 Å². The van der Waals surface area contributed by atoms with E-state index >= 15 is 0 Å². The molecule has 0 unspecified atom stereocenters. The van der Waals surface area contributed by atoms with Crippen molar-refractivity contribution < 1.29 is 4.79 Å². The fraction of sp³-hybridized carbons (Fsp3) is 0.364. The first-order chi connectivity index (χ1) is 7.20. The van der Waals surface area contributed by atoms with Crippen LogP contribution in [0.3, 0.4) is 0 Å². The second kappa shape index (κ2) is 3.16. The number of hydrogen-bond acceptors (Lipinski definition) is 2. The van der Waals surface area contributed by atoms with Gasteiger partial charge in [-0.05, 0) is 37.5 Å². The minimum Gasteiger partial charge on any atom is -0.324 e. The van der Waals surface area contributed by atoms with Crippen LogP contribution < -0.4 is 5.32 Å². The highest BCUT2D eigenvalue weighted by atomic mass is 35.5. The molecule has 0 saturated heterocycles. The first-order valence-corrected chi connectivity index (χ1v) is 6.19. The van der Waals surface area contributed by atoms with E-state index < -0.39 is 0 Å². The molecule has 1 amide bonds. The summed E-state index contributed by atoms with van der Waals surface area (Å²) in [4.78, 5) is 13.0. The molecule has 0 radical (unpaired) electrons. The smallest absolute Gasteiger partial charge is 0.241 e. The molecule has 1 N–H and O–H groups in total. The molecule has 1 saturated carbocycles. The van der Waals surface area contributed by atoms with Gasteiger partial charge in [0.25, 0.3) is 0 Å². The largest absolute Gasteiger partial charge is 0.324 e. The van der Waals surface area contributed by atoms with Gasteiger partial charge in [0.15, 0.2) is 0 Å². The molecular formula is C11H10ClNOS. The van der Waals surface area contributed by atoms with E-state index in [9.17, 15) is 4.79 Å². The maximum Gasteiger partial charge on any atom is 0.241 e. The summed E-state index contributed by atoms with van der Waals surface area (Å²) in [7, 11) is 0. The number of anilines is 1. The standard InChI is InChI=1S/C11H10ClNOS/c12-7-2-3-9-8(6-7)13-10(14)11(15-9)4-1-5-11/h2-3,6H,1,4-5H2,(H,13,14). The second-order valence-electron chi connectivity index (χ2n) is 4.04. The number of nitrogens with one attached hydrogen (secondary N) is 1. The molecular weight excluding hydrogens is 230 g/mol. The van der Waals surface area contributed by atoms with Gasteiger partial charge in [-0.1, -0.05) is 11.6 Å². The molecule has 4 heteroatoms. The lowest BCUT2D eigenvalue weighted by Crippen LogP contribution is -2.47. The van der Waals surface area contributed by atoms with E-state index in [1.165, 1.54) is 0 Å². The summed E-state index contributed by atoms with van der Waals surface area (Å²) in [5.41, 5.74) is 0.857. The molecule has 2 nitrogen and oxygen atoms in total. The van der Waals surface area contributed by atoms with E-state index in [-0.39, 0.29) is 10.7 Å². The van der Waals surface area contributed by atoms with Crippen molar-refractivity contribution >= 4 is 35.0 Å². The zero-order valence-electron chi connectivity index (χ0n) is 8.05. The van der Waals surface area contributed by atoms with Gasteiger partial charge in [-0.3, -0.25) is 4.79 Å². The fourth-order valence-corrected chi connectivity index (χ4v) is 3.59. The summed E-state index contributed by atoms with van der Waals surface area (Å²) in [6.07, 6.45) is 3.14. The third-order valence-electron chi connectivity index (χ3n) is 3.07. The zero-order chi connectivity index (χ0) is 10.5. The minimum atomic E-state index is -0.180. The Morgan fingerprint density at radius 1 is 1.40 bits per heavy atom. The first-order valence-electron chi connectivity index (χ1n) is 5.00. The van der Waals surface area contributed by atoms with Gasteiger partial charge in [0, 0.05) is 9.92 Å². The Kier molecular flexibility index (Phi) is 2.01. The van der Waals surface area contributed by atoms with Crippen LogP contribution in [0.5, 0.6) is 0 Å². The summed E-state index contributed by atoms with van der Waals surface area (Å²) in [5, 5.41) is 3.62. The maximum absolute atomic E-state index is 11.9. The summed E-state index contributed by atoms with van der Waals surface area (Å²) in [6.45, 7) is 0. The maximum atomic E-state index is 11.9. The van der Waals surface area contributed by atoms with Crippen LogP contribution in [0.1, 0.15) is 19.3 Å². The van der Waals surface area contributed by atoms with E-state index in [1.54, 1.807) is 11.8 Å². The topological polar surface area (TPSA) is 29.1 Å². The van der Waals surface area contributed by atoms with Crippen LogP contribution in [0, 0.1) is 0 Å². The van der Waals surface area contributed by atoms with Crippen molar-refractivity contribution in [1.82, 2.24) is 0 Å². The molecule has 3 rings (SSSR count). The summed E-state index contributed by atoms with van der Waals surface area (Å²) < 4.78 is -0.180. The Balaban J connectivity index is 2.02. The van der Waals surface area contributed by atoms with Gasteiger partial charge < -0.3 is 5.32 Å². The third-order valence-corrected chi connectivity index (χ3v) is 4.87. The van der Waals surface area contributed by atoms with E-state index in [0.717, 1.165) is 29.8 Å². The number of carbonyl (C=O) groups is 1. The average molecular weight is 240 g/mol.